The smallest absolute Gasteiger partial charge is 0.336 e. The van der Waals surface area contributed by atoms with Gasteiger partial charge < -0.3 is 15.3 Å². The molecule has 1 saturated carbocycles. The second-order valence-electron chi connectivity index (χ2n) is 6.30. The van der Waals surface area contributed by atoms with E-state index in [0.29, 0.717) is 23.4 Å². The molecular formula is C17H20ClNO3. The van der Waals surface area contributed by atoms with Gasteiger partial charge in [-0.15, -0.1) is 0 Å². The number of hydrogen-bond donors (Lipinski definition) is 2. The molecule has 0 aliphatic heterocycles. The SMILES string of the molecule is N[C@H]1CC[C@@](O)(CCc2cc(Cl)cc3ccc(=O)oc23)CC1. The minimum atomic E-state index is -0.681. The Hall–Kier alpha value is -1.36. The highest BCUT2D eigenvalue weighted by molar-refractivity contribution is 6.31. The molecule has 1 aromatic carbocycles. The van der Waals surface area contributed by atoms with Gasteiger partial charge in [-0.3, -0.25) is 0 Å². The van der Waals surface area contributed by atoms with Crippen LogP contribution in [0.25, 0.3) is 11.0 Å². The molecule has 0 atom stereocenters. The van der Waals surface area contributed by atoms with Crippen LogP contribution in [0.3, 0.4) is 0 Å². The molecule has 1 aliphatic rings. The number of rotatable bonds is 3. The standard InChI is InChI=1S/C17H20ClNO3/c18-13-9-11-1-2-15(20)22-16(11)12(10-13)3-6-17(21)7-4-14(19)5-8-17/h1-2,9-10,14,21H,3-8,19H2/t14-,17-. The normalized spacial score (nSPS) is 25.5. The van der Waals surface area contributed by atoms with E-state index in [9.17, 15) is 9.90 Å². The Kier molecular flexibility index (Phi) is 4.26. The van der Waals surface area contributed by atoms with Gasteiger partial charge in [0, 0.05) is 22.5 Å². The maximum Gasteiger partial charge on any atom is 0.336 e. The number of benzene rings is 1. The van der Waals surface area contributed by atoms with E-state index < -0.39 is 5.60 Å². The first kappa shape index (κ1) is 15.5. The molecule has 1 aliphatic carbocycles. The Morgan fingerprint density at radius 1 is 1.32 bits per heavy atom. The fourth-order valence-corrected chi connectivity index (χ4v) is 3.44. The molecular weight excluding hydrogens is 302 g/mol. The van der Waals surface area contributed by atoms with Crippen LogP contribution < -0.4 is 11.4 Å². The Bertz CT molecular complexity index is 732. The minimum absolute atomic E-state index is 0.199. The van der Waals surface area contributed by atoms with Crippen LogP contribution in [0.4, 0.5) is 0 Å². The Balaban J connectivity index is 1.84. The van der Waals surface area contributed by atoms with Crippen molar-refractivity contribution in [2.24, 2.45) is 5.73 Å². The van der Waals surface area contributed by atoms with Gasteiger partial charge in [-0.2, -0.15) is 0 Å². The van der Waals surface area contributed by atoms with Crippen molar-refractivity contribution in [2.75, 3.05) is 0 Å². The third-order valence-corrected chi connectivity index (χ3v) is 4.80. The molecule has 0 bridgehead atoms. The van der Waals surface area contributed by atoms with Gasteiger partial charge in [0.25, 0.3) is 0 Å². The van der Waals surface area contributed by atoms with E-state index in [1.807, 2.05) is 6.07 Å². The number of hydrogen-bond acceptors (Lipinski definition) is 4. The van der Waals surface area contributed by atoms with Crippen LogP contribution in [-0.4, -0.2) is 16.7 Å². The van der Waals surface area contributed by atoms with E-state index in [4.69, 9.17) is 21.8 Å². The quantitative estimate of drug-likeness (QED) is 0.852. The van der Waals surface area contributed by atoms with E-state index in [1.165, 1.54) is 6.07 Å². The summed E-state index contributed by atoms with van der Waals surface area (Å²) in [5, 5.41) is 12.1. The summed E-state index contributed by atoms with van der Waals surface area (Å²) in [6.07, 6.45) is 4.38. The van der Waals surface area contributed by atoms with Crippen molar-refractivity contribution in [3.63, 3.8) is 0 Å². The van der Waals surface area contributed by atoms with Crippen LogP contribution in [0.5, 0.6) is 0 Å². The van der Waals surface area contributed by atoms with Crippen LogP contribution in [-0.2, 0) is 6.42 Å². The van der Waals surface area contributed by atoms with Gasteiger partial charge in [0.2, 0.25) is 0 Å². The molecule has 2 aromatic rings. The summed E-state index contributed by atoms with van der Waals surface area (Å²) >= 11 is 6.14. The predicted octanol–water partition coefficient (Wildman–Crippen LogP) is 3.01. The average Bonchev–Trinajstić information content (AvgIpc) is 2.49. The van der Waals surface area contributed by atoms with Crippen molar-refractivity contribution in [3.8, 4) is 0 Å². The average molecular weight is 322 g/mol. The molecule has 118 valence electrons. The molecule has 1 aromatic heterocycles. The van der Waals surface area contributed by atoms with Crippen LogP contribution in [0.1, 0.15) is 37.7 Å². The van der Waals surface area contributed by atoms with Crippen LogP contribution >= 0.6 is 11.6 Å². The third kappa shape index (κ3) is 3.35. The molecule has 1 heterocycles. The molecule has 5 heteroatoms. The lowest BCUT2D eigenvalue weighted by molar-refractivity contribution is -0.00747. The van der Waals surface area contributed by atoms with Gasteiger partial charge in [0.15, 0.2) is 0 Å². The summed E-state index contributed by atoms with van der Waals surface area (Å²) in [6, 6.07) is 6.89. The molecule has 0 unspecified atom stereocenters. The van der Waals surface area contributed by atoms with Gasteiger partial charge in [-0.25, -0.2) is 4.79 Å². The van der Waals surface area contributed by atoms with Gasteiger partial charge in [0.1, 0.15) is 5.58 Å². The fourth-order valence-electron chi connectivity index (χ4n) is 3.19. The molecule has 0 amide bonds. The number of aryl methyl sites for hydroxylation is 1. The summed E-state index contributed by atoms with van der Waals surface area (Å²) in [5.41, 5.74) is 6.27. The largest absolute Gasteiger partial charge is 0.422 e. The zero-order valence-electron chi connectivity index (χ0n) is 12.3. The van der Waals surface area contributed by atoms with Crippen molar-refractivity contribution >= 4 is 22.6 Å². The molecule has 1 fully saturated rings. The molecule has 4 nitrogen and oxygen atoms in total. The topological polar surface area (TPSA) is 76.5 Å². The van der Waals surface area contributed by atoms with Crippen molar-refractivity contribution < 1.29 is 9.52 Å². The molecule has 3 rings (SSSR count). The first-order valence-corrected chi connectivity index (χ1v) is 8.03. The molecule has 0 saturated heterocycles. The van der Waals surface area contributed by atoms with Gasteiger partial charge in [-0.05, 0) is 62.3 Å². The van der Waals surface area contributed by atoms with Gasteiger partial charge >= 0.3 is 5.63 Å². The second-order valence-corrected chi connectivity index (χ2v) is 6.74. The highest BCUT2D eigenvalue weighted by Gasteiger charge is 2.31. The maximum absolute atomic E-state index is 11.5. The lowest BCUT2D eigenvalue weighted by Gasteiger charge is -2.34. The monoisotopic (exact) mass is 321 g/mol. The van der Waals surface area contributed by atoms with Crippen molar-refractivity contribution in [3.05, 3.63) is 45.3 Å². The maximum atomic E-state index is 11.5. The summed E-state index contributed by atoms with van der Waals surface area (Å²) in [7, 11) is 0. The summed E-state index contributed by atoms with van der Waals surface area (Å²) < 4.78 is 5.32. The van der Waals surface area contributed by atoms with Crippen LogP contribution in [0, 0.1) is 0 Å². The summed E-state index contributed by atoms with van der Waals surface area (Å²) in [6.45, 7) is 0. The lowest BCUT2D eigenvalue weighted by atomic mass is 9.79. The molecule has 0 radical (unpaired) electrons. The van der Waals surface area contributed by atoms with Gasteiger partial charge in [-0.1, -0.05) is 11.6 Å². The van der Waals surface area contributed by atoms with E-state index in [2.05, 4.69) is 0 Å². The van der Waals surface area contributed by atoms with Crippen molar-refractivity contribution in [2.45, 2.75) is 50.2 Å². The molecule has 0 spiro atoms. The zero-order chi connectivity index (χ0) is 15.7. The fraction of sp³-hybridized carbons (Fsp3) is 0.471. The Morgan fingerprint density at radius 3 is 2.77 bits per heavy atom. The highest BCUT2D eigenvalue weighted by Crippen LogP contribution is 2.33. The van der Waals surface area contributed by atoms with Gasteiger partial charge in [0.05, 0.1) is 5.60 Å². The number of halogens is 1. The number of nitrogens with two attached hydrogens (primary N) is 1. The second kappa shape index (κ2) is 6.03. The van der Waals surface area contributed by atoms with Crippen LogP contribution in [0.2, 0.25) is 5.02 Å². The van der Waals surface area contributed by atoms with E-state index >= 15 is 0 Å². The highest BCUT2D eigenvalue weighted by atomic mass is 35.5. The summed E-state index contributed by atoms with van der Waals surface area (Å²) in [4.78, 5) is 11.5. The minimum Gasteiger partial charge on any atom is -0.422 e. The third-order valence-electron chi connectivity index (χ3n) is 4.58. The Labute approximate surface area is 133 Å². The van der Waals surface area contributed by atoms with Crippen LogP contribution in [0.15, 0.2) is 33.5 Å². The first-order valence-electron chi connectivity index (χ1n) is 7.65. The Morgan fingerprint density at radius 2 is 2.05 bits per heavy atom. The lowest BCUT2D eigenvalue weighted by Crippen LogP contribution is -2.39. The predicted molar refractivity (Wildman–Crippen MR) is 87.2 cm³/mol. The van der Waals surface area contributed by atoms with E-state index in [1.54, 1.807) is 12.1 Å². The number of fused-ring (bicyclic) bond motifs is 1. The van der Waals surface area contributed by atoms with Crippen molar-refractivity contribution in [1.29, 1.82) is 0 Å². The summed E-state index contributed by atoms with van der Waals surface area (Å²) in [5.74, 6) is 0. The first-order chi connectivity index (χ1) is 10.5. The van der Waals surface area contributed by atoms with E-state index in [-0.39, 0.29) is 11.7 Å². The van der Waals surface area contributed by atoms with E-state index in [0.717, 1.165) is 36.6 Å². The zero-order valence-corrected chi connectivity index (χ0v) is 13.1. The molecule has 3 N–H and O–H groups in total. The molecule has 22 heavy (non-hydrogen) atoms. The van der Waals surface area contributed by atoms with Crippen molar-refractivity contribution in [1.82, 2.24) is 0 Å². The number of aliphatic hydroxyl groups is 1.